The maximum atomic E-state index is 12.3. The highest BCUT2D eigenvalue weighted by Crippen LogP contribution is 2.28. The molecule has 1 aromatic rings. The second-order valence-electron chi connectivity index (χ2n) is 6.37. The number of hydrogen-bond donors (Lipinski definition) is 1. The Morgan fingerprint density at radius 2 is 1.88 bits per heavy atom. The molecule has 2 rings (SSSR count). The first-order valence-electron chi connectivity index (χ1n) is 8.23. The zero-order chi connectivity index (χ0) is 17.6. The van der Waals surface area contributed by atoms with Crippen LogP contribution in [0, 0.1) is 0 Å². The molecule has 1 aliphatic heterocycles. The number of nitrogens with zero attached hydrogens (tertiary/aromatic N) is 1. The molecule has 1 fully saturated rings. The summed E-state index contributed by atoms with van der Waals surface area (Å²) < 4.78 is 16.0. The third-order valence-corrected chi connectivity index (χ3v) is 4.80. The Morgan fingerprint density at radius 1 is 1.21 bits per heavy atom. The summed E-state index contributed by atoms with van der Waals surface area (Å²) in [5.41, 5.74) is 0.877. The number of carbonyl (C=O) groups excluding carboxylic acids is 1. The minimum Gasteiger partial charge on any atom is -0.493 e. The van der Waals surface area contributed by atoms with Gasteiger partial charge in [0.05, 0.1) is 20.6 Å². The molecule has 134 valence electrons. The number of nitrogens with one attached hydrogen (secondary N) is 1. The monoisotopic (exact) mass is 336 g/mol. The summed E-state index contributed by atoms with van der Waals surface area (Å²) in [6, 6.07) is 5.55. The summed E-state index contributed by atoms with van der Waals surface area (Å²) in [6.45, 7) is 2.11. The van der Waals surface area contributed by atoms with E-state index < -0.39 is 0 Å². The lowest BCUT2D eigenvalue weighted by molar-refractivity contribution is -0.121. The molecule has 1 amide bonds. The van der Waals surface area contributed by atoms with Gasteiger partial charge in [-0.2, -0.15) is 0 Å². The van der Waals surface area contributed by atoms with Crippen LogP contribution in [0.15, 0.2) is 18.2 Å². The highest BCUT2D eigenvalue weighted by Gasteiger charge is 2.35. The molecule has 0 atom stereocenters. The van der Waals surface area contributed by atoms with Crippen LogP contribution in [0.1, 0.15) is 18.4 Å². The van der Waals surface area contributed by atoms with Gasteiger partial charge in [0.1, 0.15) is 0 Å². The van der Waals surface area contributed by atoms with E-state index in [9.17, 15) is 4.79 Å². The zero-order valence-corrected chi connectivity index (χ0v) is 15.1. The summed E-state index contributed by atoms with van der Waals surface area (Å²) >= 11 is 0. The van der Waals surface area contributed by atoms with Crippen LogP contribution in [-0.2, 0) is 16.0 Å². The number of ether oxygens (including phenoxy) is 3. The van der Waals surface area contributed by atoms with Crippen molar-refractivity contribution in [1.82, 2.24) is 10.2 Å². The summed E-state index contributed by atoms with van der Waals surface area (Å²) in [5, 5.41) is 3.08. The summed E-state index contributed by atoms with van der Waals surface area (Å²) in [4.78, 5) is 14.5. The van der Waals surface area contributed by atoms with E-state index >= 15 is 0 Å². The van der Waals surface area contributed by atoms with Gasteiger partial charge >= 0.3 is 0 Å². The topological polar surface area (TPSA) is 60.0 Å². The lowest BCUT2D eigenvalue weighted by Crippen LogP contribution is -2.55. The Labute approximate surface area is 144 Å². The van der Waals surface area contributed by atoms with Crippen LogP contribution in [0.5, 0.6) is 11.5 Å². The Morgan fingerprint density at radius 3 is 2.46 bits per heavy atom. The Kier molecular flexibility index (Phi) is 6.45. The van der Waals surface area contributed by atoms with Gasteiger partial charge in [0, 0.05) is 25.3 Å². The maximum Gasteiger partial charge on any atom is 0.224 e. The number of amides is 1. The van der Waals surface area contributed by atoms with Crippen molar-refractivity contribution in [2.24, 2.45) is 0 Å². The van der Waals surface area contributed by atoms with Crippen LogP contribution >= 0.6 is 0 Å². The molecule has 24 heavy (non-hydrogen) atoms. The summed E-state index contributed by atoms with van der Waals surface area (Å²) in [6.07, 6.45) is 2.17. The maximum absolute atomic E-state index is 12.3. The van der Waals surface area contributed by atoms with Crippen molar-refractivity contribution in [3.63, 3.8) is 0 Å². The highest BCUT2D eigenvalue weighted by atomic mass is 16.5. The molecule has 6 heteroatoms. The van der Waals surface area contributed by atoms with E-state index in [1.807, 2.05) is 18.2 Å². The van der Waals surface area contributed by atoms with Crippen molar-refractivity contribution in [2.45, 2.75) is 24.8 Å². The van der Waals surface area contributed by atoms with E-state index in [1.165, 1.54) is 0 Å². The van der Waals surface area contributed by atoms with Gasteiger partial charge in [-0.25, -0.2) is 0 Å². The molecule has 0 unspecified atom stereocenters. The van der Waals surface area contributed by atoms with E-state index in [0.29, 0.717) is 24.5 Å². The fourth-order valence-electron chi connectivity index (χ4n) is 3.04. The first kappa shape index (κ1) is 18.5. The van der Waals surface area contributed by atoms with Gasteiger partial charge in [0.25, 0.3) is 0 Å². The molecule has 0 aliphatic carbocycles. The molecule has 1 saturated heterocycles. The fraction of sp³-hybridized carbons (Fsp3) is 0.611. The standard InChI is InChI=1S/C18H28N2O4/c1-20(2)18(7-9-24-10-8-18)13-19-17(21)12-14-5-6-15(22-3)16(11-14)23-4/h5-6,11H,7-10,12-13H2,1-4H3,(H,19,21). The molecular weight excluding hydrogens is 308 g/mol. The number of carbonyl (C=O) groups is 1. The van der Waals surface area contributed by atoms with Crippen LogP contribution < -0.4 is 14.8 Å². The number of rotatable bonds is 7. The minimum absolute atomic E-state index is 0.00920. The van der Waals surface area contributed by atoms with Crippen molar-refractivity contribution in [3.8, 4) is 11.5 Å². The van der Waals surface area contributed by atoms with Crippen LogP contribution in [0.4, 0.5) is 0 Å². The molecule has 1 N–H and O–H groups in total. The highest BCUT2D eigenvalue weighted by molar-refractivity contribution is 5.78. The van der Waals surface area contributed by atoms with Crippen LogP contribution in [0.25, 0.3) is 0 Å². The quantitative estimate of drug-likeness (QED) is 0.817. The van der Waals surface area contributed by atoms with E-state index in [1.54, 1.807) is 14.2 Å². The SMILES string of the molecule is COc1ccc(CC(=O)NCC2(N(C)C)CCOCC2)cc1OC. The zero-order valence-electron chi connectivity index (χ0n) is 15.1. The predicted octanol–water partition coefficient (Wildman–Crippen LogP) is 1.47. The summed E-state index contributed by atoms with van der Waals surface area (Å²) in [5.74, 6) is 1.31. The Bertz CT molecular complexity index is 554. The number of methoxy groups -OCH3 is 2. The lowest BCUT2D eigenvalue weighted by atomic mass is 9.88. The van der Waals surface area contributed by atoms with Gasteiger partial charge in [0.2, 0.25) is 5.91 Å². The van der Waals surface area contributed by atoms with Gasteiger partial charge in [-0.05, 0) is 44.6 Å². The second-order valence-corrected chi connectivity index (χ2v) is 6.37. The number of benzene rings is 1. The molecule has 1 heterocycles. The fourth-order valence-corrected chi connectivity index (χ4v) is 3.04. The predicted molar refractivity (Wildman–Crippen MR) is 92.7 cm³/mol. The molecule has 0 saturated carbocycles. The van der Waals surface area contributed by atoms with E-state index in [-0.39, 0.29) is 11.4 Å². The largest absolute Gasteiger partial charge is 0.493 e. The molecule has 1 aliphatic rings. The molecule has 0 spiro atoms. The van der Waals surface area contributed by atoms with Crippen molar-refractivity contribution in [1.29, 1.82) is 0 Å². The van der Waals surface area contributed by atoms with Crippen molar-refractivity contribution in [3.05, 3.63) is 23.8 Å². The molecule has 1 aromatic carbocycles. The summed E-state index contributed by atoms with van der Waals surface area (Å²) in [7, 11) is 7.31. The first-order valence-corrected chi connectivity index (χ1v) is 8.23. The number of likely N-dealkylation sites (N-methyl/N-ethyl adjacent to an activating group) is 1. The van der Waals surface area contributed by atoms with Crippen LogP contribution in [0.3, 0.4) is 0 Å². The van der Waals surface area contributed by atoms with Crippen molar-refractivity contribution < 1.29 is 19.0 Å². The van der Waals surface area contributed by atoms with E-state index in [4.69, 9.17) is 14.2 Å². The van der Waals surface area contributed by atoms with E-state index in [2.05, 4.69) is 24.3 Å². The second kappa shape index (κ2) is 8.35. The Hall–Kier alpha value is -1.79. The average molecular weight is 336 g/mol. The third kappa shape index (κ3) is 4.39. The minimum atomic E-state index is -0.0223. The van der Waals surface area contributed by atoms with Crippen molar-refractivity contribution in [2.75, 3.05) is 48.1 Å². The molecule has 0 bridgehead atoms. The van der Waals surface area contributed by atoms with Gasteiger partial charge in [-0.1, -0.05) is 6.07 Å². The van der Waals surface area contributed by atoms with Gasteiger partial charge in [0.15, 0.2) is 11.5 Å². The molecular formula is C18H28N2O4. The van der Waals surface area contributed by atoms with Crippen LogP contribution in [-0.4, -0.2) is 64.4 Å². The van der Waals surface area contributed by atoms with Crippen LogP contribution in [0.2, 0.25) is 0 Å². The van der Waals surface area contributed by atoms with Gasteiger partial charge in [-0.3, -0.25) is 4.79 Å². The molecule has 6 nitrogen and oxygen atoms in total. The average Bonchev–Trinajstić information content (AvgIpc) is 2.60. The molecule has 0 aromatic heterocycles. The van der Waals surface area contributed by atoms with Gasteiger partial charge in [-0.15, -0.1) is 0 Å². The Balaban J connectivity index is 1.95. The smallest absolute Gasteiger partial charge is 0.224 e. The molecule has 0 radical (unpaired) electrons. The first-order chi connectivity index (χ1) is 11.5. The van der Waals surface area contributed by atoms with Crippen molar-refractivity contribution >= 4 is 5.91 Å². The lowest BCUT2D eigenvalue weighted by Gasteiger charge is -2.42. The number of hydrogen-bond acceptors (Lipinski definition) is 5. The van der Waals surface area contributed by atoms with E-state index in [0.717, 1.165) is 31.6 Å². The normalized spacial score (nSPS) is 16.7. The van der Waals surface area contributed by atoms with Gasteiger partial charge < -0.3 is 24.4 Å². The third-order valence-electron chi connectivity index (χ3n) is 4.80.